The van der Waals surface area contributed by atoms with Gasteiger partial charge >= 0.3 is 0 Å². The first kappa shape index (κ1) is 12.6. The van der Waals surface area contributed by atoms with Crippen molar-refractivity contribution in [3.63, 3.8) is 0 Å². The highest BCUT2D eigenvalue weighted by molar-refractivity contribution is 5.40. The number of ether oxygens (including phenoxy) is 2. The van der Waals surface area contributed by atoms with Crippen LogP contribution in [0.25, 0.3) is 0 Å². The highest BCUT2D eigenvalue weighted by atomic mass is 16.5. The zero-order chi connectivity index (χ0) is 12.7. The van der Waals surface area contributed by atoms with Gasteiger partial charge in [-0.3, -0.25) is 0 Å². The molecule has 4 nitrogen and oxygen atoms in total. The molecule has 1 rings (SSSR count). The molecule has 0 N–H and O–H groups in total. The zero-order valence-corrected chi connectivity index (χ0v) is 9.73. The third-order valence-electron chi connectivity index (χ3n) is 2.27. The fourth-order valence-corrected chi connectivity index (χ4v) is 1.34. The topological polar surface area (TPSA) is 66.0 Å². The lowest BCUT2D eigenvalue weighted by Crippen LogP contribution is -1.97. The Labute approximate surface area is 100 Å². The molecule has 0 heterocycles. The standard InChI is InChI=1S/C13H12N2O2/c1-16-12-5-3-10(4-6-12)7-13(17-2)11(8-14)9-15/h3-6H,7H2,1-2H3. The third kappa shape index (κ3) is 3.25. The number of allylic oxidation sites excluding steroid dienone is 2. The van der Waals surface area contributed by atoms with Gasteiger partial charge in [-0.25, -0.2) is 0 Å². The minimum Gasteiger partial charge on any atom is -0.499 e. The minimum absolute atomic E-state index is 0.00307. The fourth-order valence-electron chi connectivity index (χ4n) is 1.34. The molecule has 0 saturated carbocycles. The van der Waals surface area contributed by atoms with Crippen molar-refractivity contribution in [3.8, 4) is 17.9 Å². The van der Waals surface area contributed by atoms with E-state index >= 15 is 0 Å². The van der Waals surface area contributed by atoms with Crippen molar-refractivity contribution in [1.82, 2.24) is 0 Å². The molecule has 0 amide bonds. The summed E-state index contributed by atoms with van der Waals surface area (Å²) in [5.41, 5.74) is 0.953. The van der Waals surface area contributed by atoms with E-state index in [4.69, 9.17) is 20.0 Å². The Balaban J connectivity index is 2.93. The van der Waals surface area contributed by atoms with E-state index in [0.717, 1.165) is 11.3 Å². The molecule has 0 atom stereocenters. The SMILES string of the molecule is COC(Cc1ccc(OC)cc1)=C(C#N)C#N. The largest absolute Gasteiger partial charge is 0.499 e. The van der Waals surface area contributed by atoms with Crippen molar-refractivity contribution in [2.75, 3.05) is 14.2 Å². The number of hydrogen-bond acceptors (Lipinski definition) is 4. The van der Waals surface area contributed by atoms with Crippen LogP contribution in [0, 0.1) is 22.7 Å². The molecule has 0 radical (unpaired) electrons. The van der Waals surface area contributed by atoms with Gasteiger partial charge in [0, 0.05) is 6.42 Å². The summed E-state index contributed by atoms with van der Waals surface area (Å²) in [5.74, 6) is 1.14. The van der Waals surface area contributed by atoms with E-state index in [1.165, 1.54) is 7.11 Å². The highest BCUT2D eigenvalue weighted by Gasteiger charge is 2.07. The number of methoxy groups -OCH3 is 2. The second-order valence-electron chi connectivity index (χ2n) is 3.25. The van der Waals surface area contributed by atoms with Crippen molar-refractivity contribution in [2.24, 2.45) is 0 Å². The zero-order valence-electron chi connectivity index (χ0n) is 9.73. The Morgan fingerprint density at radius 2 is 1.71 bits per heavy atom. The normalized spacial score (nSPS) is 8.71. The van der Waals surface area contributed by atoms with Crippen LogP contribution >= 0.6 is 0 Å². The average molecular weight is 228 g/mol. The Kier molecular flexibility index (Phi) is 4.59. The molecule has 0 spiro atoms. The van der Waals surface area contributed by atoms with Gasteiger partial charge in [0.25, 0.3) is 0 Å². The van der Waals surface area contributed by atoms with Crippen molar-refractivity contribution in [3.05, 3.63) is 41.2 Å². The number of benzene rings is 1. The van der Waals surface area contributed by atoms with Crippen LogP contribution in [0.1, 0.15) is 5.56 Å². The van der Waals surface area contributed by atoms with E-state index in [-0.39, 0.29) is 5.57 Å². The molecule has 0 saturated heterocycles. The molecular weight excluding hydrogens is 216 g/mol. The maximum Gasteiger partial charge on any atom is 0.167 e. The van der Waals surface area contributed by atoms with Crippen molar-refractivity contribution >= 4 is 0 Å². The molecule has 1 aromatic carbocycles. The first-order valence-electron chi connectivity index (χ1n) is 4.95. The van der Waals surface area contributed by atoms with E-state index < -0.39 is 0 Å². The van der Waals surface area contributed by atoms with Crippen LogP contribution in [0.2, 0.25) is 0 Å². The average Bonchev–Trinajstić information content (AvgIpc) is 2.39. The number of nitrogens with zero attached hydrogens (tertiary/aromatic N) is 2. The molecule has 0 aliphatic rings. The van der Waals surface area contributed by atoms with E-state index in [1.807, 2.05) is 36.4 Å². The lowest BCUT2D eigenvalue weighted by molar-refractivity contribution is 0.281. The Bertz CT molecular complexity index is 474. The summed E-state index contributed by atoms with van der Waals surface area (Å²) in [6, 6.07) is 11.0. The summed E-state index contributed by atoms with van der Waals surface area (Å²) < 4.78 is 10.1. The van der Waals surface area contributed by atoms with Gasteiger partial charge in [0.05, 0.1) is 14.2 Å². The van der Waals surface area contributed by atoms with Crippen molar-refractivity contribution < 1.29 is 9.47 Å². The lowest BCUT2D eigenvalue weighted by atomic mass is 10.1. The Hall–Kier alpha value is -2.46. The molecular formula is C13H12N2O2. The monoisotopic (exact) mass is 228 g/mol. The number of nitriles is 2. The predicted molar refractivity (Wildman–Crippen MR) is 62.0 cm³/mol. The van der Waals surface area contributed by atoms with Crippen LogP contribution in [-0.2, 0) is 11.2 Å². The summed E-state index contributed by atoms with van der Waals surface area (Å²) in [4.78, 5) is 0. The molecule has 86 valence electrons. The third-order valence-corrected chi connectivity index (χ3v) is 2.27. The minimum atomic E-state index is 0.00307. The van der Waals surface area contributed by atoms with Gasteiger partial charge < -0.3 is 9.47 Å². The Morgan fingerprint density at radius 3 is 2.12 bits per heavy atom. The molecule has 0 fully saturated rings. The second-order valence-corrected chi connectivity index (χ2v) is 3.25. The van der Waals surface area contributed by atoms with Crippen LogP contribution in [0.3, 0.4) is 0 Å². The first-order chi connectivity index (χ1) is 8.24. The van der Waals surface area contributed by atoms with Gasteiger partial charge in [0.2, 0.25) is 0 Å². The number of rotatable bonds is 4. The lowest BCUT2D eigenvalue weighted by Gasteiger charge is -2.07. The summed E-state index contributed by atoms with van der Waals surface area (Å²) in [6.07, 6.45) is 0.414. The van der Waals surface area contributed by atoms with Crippen LogP contribution in [0.5, 0.6) is 5.75 Å². The van der Waals surface area contributed by atoms with Gasteiger partial charge in [-0.15, -0.1) is 0 Å². The highest BCUT2D eigenvalue weighted by Crippen LogP contribution is 2.16. The quantitative estimate of drug-likeness (QED) is 0.585. The van der Waals surface area contributed by atoms with Crippen LogP contribution in [0.4, 0.5) is 0 Å². The first-order valence-corrected chi connectivity index (χ1v) is 4.95. The molecule has 0 aromatic heterocycles. The van der Waals surface area contributed by atoms with E-state index in [9.17, 15) is 0 Å². The number of hydrogen-bond donors (Lipinski definition) is 0. The van der Waals surface area contributed by atoms with Gasteiger partial charge in [0.1, 0.15) is 23.6 Å². The van der Waals surface area contributed by atoms with Gasteiger partial charge in [0.15, 0.2) is 5.57 Å². The van der Waals surface area contributed by atoms with Gasteiger partial charge in [-0.2, -0.15) is 10.5 Å². The van der Waals surface area contributed by atoms with Gasteiger partial charge in [-0.1, -0.05) is 12.1 Å². The maximum absolute atomic E-state index is 8.76. The fraction of sp³-hybridized carbons (Fsp3) is 0.231. The molecule has 0 aliphatic carbocycles. The molecule has 4 heteroatoms. The van der Waals surface area contributed by atoms with E-state index in [1.54, 1.807) is 7.11 Å². The van der Waals surface area contributed by atoms with Crippen LogP contribution < -0.4 is 4.74 Å². The smallest absolute Gasteiger partial charge is 0.167 e. The molecule has 1 aromatic rings. The second kappa shape index (κ2) is 6.19. The summed E-state index contributed by atoms with van der Waals surface area (Å²) in [6.45, 7) is 0. The van der Waals surface area contributed by atoms with Crippen molar-refractivity contribution in [1.29, 1.82) is 10.5 Å². The molecule has 0 bridgehead atoms. The maximum atomic E-state index is 8.76. The van der Waals surface area contributed by atoms with Gasteiger partial charge in [-0.05, 0) is 17.7 Å². The van der Waals surface area contributed by atoms with E-state index in [2.05, 4.69) is 0 Å². The summed E-state index contributed by atoms with van der Waals surface area (Å²) in [7, 11) is 3.05. The summed E-state index contributed by atoms with van der Waals surface area (Å²) >= 11 is 0. The van der Waals surface area contributed by atoms with Crippen LogP contribution in [-0.4, -0.2) is 14.2 Å². The molecule has 17 heavy (non-hydrogen) atoms. The van der Waals surface area contributed by atoms with Crippen LogP contribution in [0.15, 0.2) is 35.6 Å². The predicted octanol–water partition coefficient (Wildman–Crippen LogP) is 2.19. The van der Waals surface area contributed by atoms with E-state index in [0.29, 0.717) is 12.2 Å². The Morgan fingerprint density at radius 1 is 1.12 bits per heavy atom. The summed E-state index contributed by atoms with van der Waals surface area (Å²) in [5, 5.41) is 17.5. The molecule has 0 aliphatic heterocycles. The molecule has 0 unspecified atom stereocenters. The van der Waals surface area contributed by atoms with Crippen molar-refractivity contribution in [2.45, 2.75) is 6.42 Å².